The minimum absolute atomic E-state index is 0.0754. The quantitative estimate of drug-likeness (QED) is 0.750. The summed E-state index contributed by atoms with van der Waals surface area (Å²) in [6, 6.07) is 9.42. The van der Waals surface area contributed by atoms with Crippen molar-refractivity contribution in [2.24, 2.45) is 0 Å². The van der Waals surface area contributed by atoms with Gasteiger partial charge in [0.1, 0.15) is 0 Å². The molecule has 1 aliphatic heterocycles. The zero-order valence-corrected chi connectivity index (χ0v) is 13.0. The van der Waals surface area contributed by atoms with Gasteiger partial charge in [-0.1, -0.05) is 18.2 Å². The molecule has 24 heavy (non-hydrogen) atoms. The number of carbonyl (C=O) groups excluding carboxylic acids is 1. The summed E-state index contributed by atoms with van der Waals surface area (Å²) in [6.45, 7) is 1.27. The Labute approximate surface area is 137 Å². The van der Waals surface area contributed by atoms with Crippen LogP contribution in [-0.4, -0.2) is 44.1 Å². The van der Waals surface area contributed by atoms with E-state index in [2.05, 4.69) is 20.2 Å². The summed E-state index contributed by atoms with van der Waals surface area (Å²) in [5.41, 5.74) is 1.79. The molecule has 0 radical (unpaired) electrons. The van der Waals surface area contributed by atoms with Gasteiger partial charge in [-0.25, -0.2) is 9.78 Å². The number of amides is 1. The molecule has 1 aliphatic rings. The molecule has 3 heterocycles. The van der Waals surface area contributed by atoms with E-state index in [1.54, 1.807) is 0 Å². The average molecular weight is 323 g/mol. The molecule has 0 aliphatic carbocycles. The third kappa shape index (κ3) is 2.58. The highest BCUT2D eigenvalue weighted by Crippen LogP contribution is 2.26. The zero-order chi connectivity index (χ0) is 16.5. The number of nitrogens with one attached hydrogen (secondary N) is 2. The lowest BCUT2D eigenvalue weighted by Gasteiger charge is -2.32. The lowest BCUT2D eigenvalue weighted by Crippen LogP contribution is -2.39. The van der Waals surface area contributed by atoms with Crippen LogP contribution < -0.4 is 5.69 Å². The summed E-state index contributed by atoms with van der Waals surface area (Å²) < 4.78 is 0. The minimum atomic E-state index is -0.353. The van der Waals surface area contributed by atoms with Gasteiger partial charge in [-0.3, -0.25) is 9.89 Å². The van der Waals surface area contributed by atoms with Crippen molar-refractivity contribution >= 4 is 16.8 Å². The van der Waals surface area contributed by atoms with Gasteiger partial charge >= 0.3 is 5.69 Å². The largest absolute Gasteiger partial charge is 0.345 e. The molecule has 2 aromatic heterocycles. The number of benzene rings is 1. The normalized spacial score (nSPS) is 18.0. The summed E-state index contributed by atoms with van der Waals surface area (Å²) >= 11 is 0. The Kier molecular flexibility index (Phi) is 3.60. The monoisotopic (exact) mass is 323 g/mol. The SMILES string of the molecule is O=C(c1n[nH]c2ccccc12)N1CCCC(c2ccnc(=O)[nH]2)C1. The van der Waals surface area contributed by atoms with Crippen LogP contribution in [0.3, 0.4) is 0 Å². The predicted octanol–water partition coefficient (Wildman–Crippen LogP) is 1.67. The third-order valence-electron chi connectivity index (χ3n) is 4.52. The van der Waals surface area contributed by atoms with Gasteiger partial charge < -0.3 is 9.88 Å². The molecular weight excluding hydrogens is 306 g/mol. The Balaban J connectivity index is 1.60. The molecule has 1 fully saturated rings. The molecule has 1 unspecified atom stereocenters. The standard InChI is InChI=1S/C17H17N5O2/c23-16(15-12-5-1-2-6-14(12)20-21-15)22-9-3-4-11(10-22)13-7-8-18-17(24)19-13/h1-2,5-8,11H,3-4,9-10H2,(H,20,21)(H,18,19,24). The first kappa shape index (κ1) is 14.6. The van der Waals surface area contributed by atoms with Gasteiger partial charge in [0.25, 0.3) is 5.91 Å². The lowest BCUT2D eigenvalue weighted by atomic mass is 9.94. The third-order valence-corrected chi connectivity index (χ3v) is 4.52. The molecule has 1 atom stereocenters. The van der Waals surface area contributed by atoms with Crippen molar-refractivity contribution in [1.29, 1.82) is 0 Å². The molecule has 0 spiro atoms. The summed E-state index contributed by atoms with van der Waals surface area (Å²) in [4.78, 5) is 32.5. The maximum absolute atomic E-state index is 12.9. The molecule has 1 aromatic carbocycles. The molecule has 4 rings (SSSR count). The van der Waals surface area contributed by atoms with Crippen LogP contribution in [0.15, 0.2) is 41.3 Å². The van der Waals surface area contributed by atoms with E-state index in [-0.39, 0.29) is 17.5 Å². The zero-order valence-electron chi connectivity index (χ0n) is 13.0. The van der Waals surface area contributed by atoms with E-state index in [1.807, 2.05) is 35.2 Å². The number of piperidine rings is 1. The maximum atomic E-state index is 12.9. The van der Waals surface area contributed by atoms with E-state index >= 15 is 0 Å². The van der Waals surface area contributed by atoms with Gasteiger partial charge in [-0.2, -0.15) is 5.10 Å². The first-order valence-corrected chi connectivity index (χ1v) is 8.00. The Hall–Kier alpha value is -2.96. The molecule has 7 heteroatoms. The van der Waals surface area contributed by atoms with Gasteiger partial charge in [0.05, 0.1) is 5.52 Å². The molecule has 1 amide bonds. The molecule has 0 saturated carbocycles. The van der Waals surface area contributed by atoms with Crippen LogP contribution in [0.5, 0.6) is 0 Å². The summed E-state index contributed by atoms with van der Waals surface area (Å²) in [6.07, 6.45) is 3.34. The number of nitrogens with zero attached hydrogens (tertiary/aromatic N) is 3. The number of hydrogen-bond donors (Lipinski definition) is 2. The highest BCUT2D eigenvalue weighted by Gasteiger charge is 2.28. The molecular formula is C17H17N5O2. The fourth-order valence-corrected chi connectivity index (χ4v) is 3.31. The van der Waals surface area contributed by atoms with Crippen molar-refractivity contribution in [2.75, 3.05) is 13.1 Å². The molecule has 1 saturated heterocycles. The molecule has 7 nitrogen and oxygen atoms in total. The van der Waals surface area contributed by atoms with Gasteiger partial charge in [-0.15, -0.1) is 0 Å². The highest BCUT2D eigenvalue weighted by atomic mass is 16.2. The van der Waals surface area contributed by atoms with E-state index in [1.165, 1.54) is 6.20 Å². The van der Waals surface area contributed by atoms with Gasteiger partial charge in [-0.05, 0) is 25.0 Å². The van der Waals surface area contributed by atoms with Crippen LogP contribution in [-0.2, 0) is 0 Å². The van der Waals surface area contributed by atoms with E-state index in [0.717, 1.165) is 29.4 Å². The summed E-state index contributed by atoms with van der Waals surface area (Å²) in [7, 11) is 0. The number of aromatic amines is 2. The average Bonchev–Trinajstić information content (AvgIpc) is 3.05. The Bertz CT molecular complexity index is 945. The fraction of sp³-hybridized carbons (Fsp3) is 0.294. The number of likely N-dealkylation sites (tertiary alicyclic amines) is 1. The van der Waals surface area contributed by atoms with E-state index in [0.29, 0.717) is 18.8 Å². The summed E-state index contributed by atoms with van der Waals surface area (Å²) in [5.74, 6) is 0.0390. The molecule has 3 aromatic rings. The van der Waals surface area contributed by atoms with Crippen LogP contribution >= 0.6 is 0 Å². The summed E-state index contributed by atoms with van der Waals surface area (Å²) in [5, 5.41) is 7.94. The number of carbonyl (C=O) groups is 1. The van der Waals surface area contributed by atoms with Crippen LogP contribution in [0.4, 0.5) is 0 Å². The minimum Gasteiger partial charge on any atom is -0.337 e. The van der Waals surface area contributed by atoms with Gasteiger partial charge in [0.2, 0.25) is 0 Å². The first-order valence-electron chi connectivity index (χ1n) is 8.00. The maximum Gasteiger partial charge on any atom is 0.345 e. The number of para-hydroxylation sites is 1. The molecule has 2 N–H and O–H groups in total. The number of hydrogen-bond acceptors (Lipinski definition) is 4. The number of rotatable bonds is 2. The fourth-order valence-electron chi connectivity index (χ4n) is 3.31. The Morgan fingerprint density at radius 2 is 2.12 bits per heavy atom. The first-order chi connectivity index (χ1) is 11.7. The topological polar surface area (TPSA) is 94.7 Å². The van der Waals surface area contributed by atoms with Crippen molar-refractivity contribution in [3.05, 3.63) is 58.4 Å². The van der Waals surface area contributed by atoms with E-state index in [9.17, 15) is 9.59 Å². The van der Waals surface area contributed by atoms with Crippen LogP contribution in [0.25, 0.3) is 10.9 Å². The molecule has 0 bridgehead atoms. The Morgan fingerprint density at radius 1 is 1.25 bits per heavy atom. The van der Waals surface area contributed by atoms with Gasteiger partial charge in [0.15, 0.2) is 5.69 Å². The number of fused-ring (bicyclic) bond motifs is 1. The van der Waals surface area contributed by atoms with Crippen molar-refractivity contribution in [1.82, 2.24) is 25.1 Å². The van der Waals surface area contributed by atoms with Crippen LogP contribution in [0, 0.1) is 0 Å². The second-order valence-electron chi connectivity index (χ2n) is 6.04. The van der Waals surface area contributed by atoms with Crippen molar-refractivity contribution in [3.63, 3.8) is 0 Å². The smallest absolute Gasteiger partial charge is 0.337 e. The van der Waals surface area contributed by atoms with E-state index < -0.39 is 0 Å². The van der Waals surface area contributed by atoms with Crippen molar-refractivity contribution in [3.8, 4) is 0 Å². The van der Waals surface area contributed by atoms with Crippen LogP contribution in [0.2, 0.25) is 0 Å². The highest BCUT2D eigenvalue weighted by molar-refractivity contribution is 6.04. The lowest BCUT2D eigenvalue weighted by molar-refractivity contribution is 0.0701. The van der Waals surface area contributed by atoms with Gasteiger partial charge in [0, 0.05) is 36.3 Å². The van der Waals surface area contributed by atoms with Crippen LogP contribution in [0.1, 0.15) is 34.9 Å². The molecule has 122 valence electrons. The number of H-pyrrole nitrogens is 2. The van der Waals surface area contributed by atoms with Crippen molar-refractivity contribution in [2.45, 2.75) is 18.8 Å². The predicted molar refractivity (Wildman–Crippen MR) is 88.8 cm³/mol. The Morgan fingerprint density at radius 3 is 3.00 bits per heavy atom. The van der Waals surface area contributed by atoms with Crippen molar-refractivity contribution < 1.29 is 4.79 Å². The van der Waals surface area contributed by atoms with E-state index in [4.69, 9.17) is 0 Å². The second kappa shape index (κ2) is 5.92. The number of aromatic nitrogens is 4. The second-order valence-corrected chi connectivity index (χ2v) is 6.04.